The number of carbonyl (C=O) groups excluding carboxylic acids is 2. The van der Waals surface area contributed by atoms with E-state index in [4.69, 9.17) is 14.6 Å². The number of benzene rings is 2. The van der Waals surface area contributed by atoms with Crippen molar-refractivity contribution in [1.82, 2.24) is 19.2 Å². The third kappa shape index (κ3) is 3.70. The van der Waals surface area contributed by atoms with Crippen molar-refractivity contribution < 1.29 is 19.1 Å². The maximum absolute atomic E-state index is 13.6. The minimum absolute atomic E-state index is 0.114. The van der Waals surface area contributed by atoms with Gasteiger partial charge in [-0.3, -0.25) is 9.36 Å². The molecule has 0 aliphatic rings. The quantitative estimate of drug-likeness (QED) is 0.351. The molecular formula is C27H22N4O5. The summed E-state index contributed by atoms with van der Waals surface area (Å²) in [5.74, 6) is -1.28. The van der Waals surface area contributed by atoms with Gasteiger partial charge in [0.15, 0.2) is 5.65 Å². The van der Waals surface area contributed by atoms with Crippen molar-refractivity contribution in [1.29, 1.82) is 0 Å². The number of ether oxygens (including phenoxy) is 2. The maximum Gasteiger partial charge on any atom is 0.337 e. The molecule has 0 bridgehead atoms. The lowest BCUT2D eigenvalue weighted by Gasteiger charge is -2.11. The van der Waals surface area contributed by atoms with Crippen LogP contribution in [0.1, 0.15) is 33.3 Å². The van der Waals surface area contributed by atoms with Gasteiger partial charge in [0.25, 0.3) is 5.56 Å². The first-order valence-corrected chi connectivity index (χ1v) is 11.3. The lowest BCUT2D eigenvalue weighted by atomic mass is 10.0. The van der Waals surface area contributed by atoms with Gasteiger partial charge in [0, 0.05) is 18.0 Å². The largest absolute Gasteiger partial charge is 0.465 e. The molecule has 0 radical (unpaired) electrons. The summed E-state index contributed by atoms with van der Waals surface area (Å²) in [6.07, 6.45) is 3.81. The van der Waals surface area contributed by atoms with Gasteiger partial charge in [0.05, 0.1) is 47.6 Å². The maximum atomic E-state index is 13.6. The van der Waals surface area contributed by atoms with E-state index in [0.29, 0.717) is 28.7 Å². The van der Waals surface area contributed by atoms with E-state index in [9.17, 15) is 14.4 Å². The zero-order chi connectivity index (χ0) is 25.4. The number of methoxy groups -OCH3 is 2. The van der Waals surface area contributed by atoms with Gasteiger partial charge in [-0.2, -0.15) is 5.10 Å². The van der Waals surface area contributed by atoms with Crippen LogP contribution in [0.5, 0.6) is 0 Å². The number of nitrogens with zero attached hydrogens (tertiary/aromatic N) is 4. The van der Waals surface area contributed by atoms with Gasteiger partial charge in [-0.25, -0.2) is 19.1 Å². The molecule has 0 aliphatic heterocycles. The summed E-state index contributed by atoms with van der Waals surface area (Å²) in [5, 5.41) is 5.09. The van der Waals surface area contributed by atoms with Gasteiger partial charge in [0.1, 0.15) is 0 Å². The molecule has 9 nitrogen and oxygen atoms in total. The smallest absolute Gasteiger partial charge is 0.337 e. The Kier molecular flexibility index (Phi) is 5.81. The standard InChI is InChI=1S/C27H22N4O5/c1-4-21-23(16-8-6-5-7-9-16)24-28-15-20-22(31(24)29-21)10-11-30(25(20)32)19-13-17(26(33)35-2)12-18(14-19)27(34)36-3/h5-15H,4H2,1-3H3. The van der Waals surface area contributed by atoms with Crippen LogP contribution < -0.4 is 5.56 Å². The van der Waals surface area contributed by atoms with Crippen molar-refractivity contribution in [2.45, 2.75) is 13.3 Å². The molecule has 2 aromatic carbocycles. The van der Waals surface area contributed by atoms with Crippen molar-refractivity contribution >= 4 is 28.5 Å². The number of hydrogen-bond donors (Lipinski definition) is 0. The van der Waals surface area contributed by atoms with Crippen LogP contribution in [0, 0.1) is 0 Å². The predicted octanol–water partition coefficient (Wildman–Crippen LogP) is 3.84. The molecule has 5 rings (SSSR count). The monoisotopic (exact) mass is 482 g/mol. The van der Waals surface area contributed by atoms with Crippen LogP contribution in [0.2, 0.25) is 0 Å². The van der Waals surface area contributed by atoms with E-state index in [1.165, 1.54) is 43.2 Å². The number of esters is 2. The highest BCUT2D eigenvalue weighted by atomic mass is 16.5. The van der Waals surface area contributed by atoms with Gasteiger partial charge < -0.3 is 9.47 Å². The van der Waals surface area contributed by atoms with Crippen LogP contribution in [0.25, 0.3) is 33.4 Å². The summed E-state index contributed by atoms with van der Waals surface area (Å²) >= 11 is 0. The average Bonchev–Trinajstić information content (AvgIpc) is 3.31. The second-order valence-electron chi connectivity index (χ2n) is 8.08. The van der Waals surface area contributed by atoms with Crippen LogP contribution in [0.4, 0.5) is 0 Å². The number of pyridine rings is 1. The molecule has 9 heteroatoms. The molecule has 0 saturated carbocycles. The molecule has 0 atom stereocenters. The number of aryl methyl sites for hydroxylation is 1. The highest BCUT2D eigenvalue weighted by Gasteiger charge is 2.19. The summed E-state index contributed by atoms with van der Waals surface area (Å²) in [5.41, 5.74) is 4.21. The highest BCUT2D eigenvalue weighted by molar-refractivity contribution is 5.96. The van der Waals surface area contributed by atoms with Gasteiger partial charge in [-0.15, -0.1) is 0 Å². The molecule has 0 saturated heterocycles. The first kappa shape index (κ1) is 23.0. The minimum atomic E-state index is -0.642. The minimum Gasteiger partial charge on any atom is -0.465 e. The molecule has 180 valence electrons. The topological polar surface area (TPSA) is 105 Å². The van der Waals surface area contributed by atoms with Crippen molar-refractivity contribution in [2.24, 2.45) is 0 Å². The lowest BCUT2D eigenvalue weighted by molar-refractivity contribution is 0.0599. The fourth-order valence-electron chi connectivity index (χ4n) is 4.29. The van der Waals surface area contributed by atoms with Crippen LogP contribution in [0.15, 0.2) is 71.8 Å². The van der Waals surface area contributed by atoms with E-state index >= 15 is 0 Å². The first-order chi connectivity index (χ1) is 17.5. The van der Waals surface area contributed by atoms with Gasteiger partial charge in [-0.05, 0) is 36.2 Å². The van der Waals surface area contributed by atoms with Gasteiger partial charge in [0.2, 0.25) is 0 Å². The molecule has 0 unspecified atom stereocenters. The lowest BCUT2D eigenvalue weighted by Crippen LogP contribution is -2.20. The Balaban J connectivity index is 1.73. The summed E-state index contributed by atoms with van der Waals surface area (Å²) in [7, 11) is 2.48. The van der Waals surface area contributed by atoms with Crippen LogP contribution in [0.3, 0.4) is 0 Å². The van der Waals surface area contributed by atoms with E-state index in [-0.39, 0.29) is 16.7 Å². The summed E-state index contributed by atoms with van der Waals surface area (Å²) in [4.78, 5) is 42.6. The molecule has 3 heterocycles. The van der Waals surface area contributed by atoms with Crippen molar-refractivity contribution in [3.63, 3.8) is 0 Å². The Morgan fingerprint density at radius 1 is 0.944 bits per heavy atom. The van der Waals surface area contributed by atoms with Crippen LogP contribution in [-0.2, 0) is 15.9 Å². The van der Waals surface area contributed by atoms with Gasteiger partial charge >= 0.3 is 11.9 Å². The van der Waals surface area contributed by atoms with Gasteiger partial charge in [-0.1, -0.05) is 37.3 Å². The van der Waals surface area contributed by atoms with Crippen LogP contribution >= 0.6 is 0 Å². The summed E-state index contributed by atoms with van der Waals surface area (Å²) < 4.78 is 12.6. The number of fused-ring (bicyclic) bond motifs is 3. The Morgan fingerprint density at radius 2 is 1.61 bits per heavy atom. The van der Waals surface area contributed by atoms with E-state index in [2.05, 4.69) is 4.98 Å². The average molecular weight is 482 g/mol. The number of hydrogen-bond acceptors (Lipinski definition) is 7. The molecule has 5 aromatic rings. The van der Waals surface area contributed by atoms with E-state index in [1.807, 2.05) is 37.3 Å². The zero-order valence-electron chi connectivity index (χ0n) is 19.9. The third-order valence-corrected chi connectivity index (χ3v) is 6.02. The molecule has 0 fully saturated rings. The zero-order valence-corrected chi connectivity index (χ0v) is 19.9. The first-order valence-electron chi connectivity index (χ1n) is 11.3. The summed E-state index contributed by atoms with van der Waals surface area (Å²) in [6, 6.07) is 16.0. The summed E-state index contributed by atoms with van der Waals surface area (Å²) in [6.45, 7) is 2.02. The van der Waals surface area contributed by atoms with Crippen LogP contribution in [-0.4, -0.2) is 45.3 Å². The third-order valence-electron chi connectivity index (χ3n) is 6.02. The Bertz CT molecular complexity index is 1670. The SMILES string of the molecule is CCc1nn2c(ncc3c(=O)n(-c4cc(C(=O)OC)cc(C(=O)OC)c4)ccc32)c1-c1ccccc1. The van der Waals surface area contributed by atoms with E-state index in [0.717, 1.165) is 16.8 Å². The van der Waals surface area contributed by atoms with Crippen molar-refractivity contribution in [2.75, 3.05) is 14.2 Å². The molecule has 3 aromatic heterocycles. The molecule has 0 spiro atoms. The Hall–Kier alpha value is -4.79. The molecule has 0 aliphatic carbocycles. The second-order valence-corrected chi connectivity index (χ2v) is 8.08. The van der Waals surface area contributed by atoms with Crippen molar-refractivity contribution in [3.8, 4) is 16.8 Å². The fraction of sp³-hybridized carbons (Fsp3) is 0.148. The highest BCUT2D eigenvalue weighted by Crippen LogP contribution is 2.29. The number of rotatable bonds is 5. The fourth-order valence-corrected chi connectivity index (χ4v) is 4.29. The molecular weight excluding hydrogens is 460 g/mol. The predicted molar refractivity (Wildman–Crippen MR) is 134 cm³/mol. The Morgan fingerprint density at radius 3 is 2.22 bits per heavy atom. The second kappa shape index (κ2) is 9.10. The normalized spacial score (nSPS) is 11.1. The Labute approximate surface area is 205 Å². The number of aromatic nitrogens is 4. The molecule has 0 amide bonds. The van der Waals surface area contributed by atoms with Crippen molar-refractivity contribution in [3.05, 3.63) is 94.2 Å². The van der Waals surface area contributed by atoms with E-state index in [1.54, 1.807) is 16.8 Å². The number of carbonyl (C=O) groups is 2. The molecule has 0 N–H and O–H groups in total. The van der Waals surface area contributed by atoms with E-state index < -0.39 is 11.9 Å². The molecule has 36 heavy (non-hydrogen) atoms.